The van der Waals surface area contributed by atoms with Gasteiger partial charge < -0.3 is 15.1 Å². The standard InChI is InChI=1S/C19H33N5S.HI/c1-3-17-13-22-18(25-17)7-9-21-19(20-2)24-12-8-16(15-24)14-23-10-5-4-6-11-23;/h13,16H,3-12,14-15H2,1-2H3,(H,20,21);1H. The minimum atomic E-state index is 0. The van der Waals surface area contributed by atoms with Gasteiger partial charge in [0, 0.05) is 50.7 Å². The lowest BCUT2D eigenvalue weighted by molar-refractivity contribution is 0.198. The Labute approximate surface area is 179 Å². The average molecular weight is 491 g/mol. The Hall–Kier alpha value is -0.410. The fourth-order valence-electron chi connectivity index (χ4n) is 3.92. The smallest absolute Gasteiger partial charge is 0.193 e. The third-order valence-corrected chi connectivity index (χ3v) is 6.54. The Bertz CT molecular complexity index is 556. The summed E-state index contributed by atoms with van der Waals surface area (Å²) < 4.78 is 0. The molecular weight excluding hydrogens is 457 g/mol. The Morgan fingerprint density at radius 3 is 2.81 bits per heavy atom. The van der Waals surface area contributed by atoms with E-state index in [4.69, 9.17) is 0 Å². The first kappa shape index (κ1) is 21.9. The highest BCUT2D eigenvalue weighted by Gasteiger charge is 2.26. The van der Waals surface area contributed by atoms with Gasteiger partial charge in [0.2, 0.25) is 0 Å². The van der Waals surface area contributed by atoms with E-state index in [1.165, 1.54) is 55.2 Å². The van der Waals surface area contributed by atoms with Crippen LogP contribution in [0, 0.1) is 5.92 Å². The van der Waals surface area contributed by atoms with Gasteiger partial charge in [-0.05, 0) is 44.7 Å². The van der Waals surface area contributed by atoms with E-state index in [1.807, 2.05) is 24.6 Å². The molecule has 3 rings (SSSR count). The van der Waals surface area contributed by atoms with Crippen LogP contribution < -0.4 is 5.32 Å². The maximum absolute atomic E-state index is 4.50. The van der Waals surface area contributed by atoms with Gasteiger partial charge in [-0.3, -0.25) is 4.99 Å². The number of hydrogen-bond acceptors (Lipinski definition) is 4. The van der Waals surface area contributed by atoms with Crippen LogP contribution in [0.4, 0.5) is 0 Å². The van der Waals surface area contributed by atoms with Gasteiger partial charge in [-0.15, -0.1) is 35.3 Å². The van der Waals surface area contributed by atoms with E-state index in [0.29, 0.717) is 0 Å². The molecule has 0 spiro atoms. The second-order valence-corrected chi connectivity index (χ2v) is 8.46. The zero-order valence-electron chi connectivity index (χ0n) is 16.2. The van der Waals surface area contributed by atoms with Crippen LogP contribution >= 0.6 is 35.3 Å². The van der Waals surface area contributed by atoms with Crippen molar-refractivity contribution in [3.05, 3.63) is 16.1 Å². The SMILES string of the molecule is CCc1cnc(CCNC(=NC)N2CCC(CN3CCCCC3)C2)s1.I. The molecule has 5 nitrogen and oxygen atoms in total. The first-order valence-electron chi connectivity index (χ1n) is 9.90. The molecule has 2 saturated heterocycles. The van der Waals surface area contributed by atoms with Crippen LogP contribution in [0.5, 0.6) is 0 Å². The topological polar surface area (TPSA) is 43.8 Å². The Morgan fingerprint density at radius 1 is 1.31 bits per heavy atom. The molecule has 1 aromatic rings. The molecule has 0 amide bonds. The number of aliphatic imine (C=N–C) groups is 1. The molecule has 3 heterocycles. The maximum Gasteiger partial charge on any atom is 0.193 e. The molecule has 0 saturated carbocycles. The third-order valence-electron chi connectivity index (χ3n) is 5.33. The molecule has 1 atom stereocenters. The van der Waals surface area contributed by atoms with Crippen molar-refractivity contribution in [3.63, 3.8) is 0 Å². The number of rotatable bonds is 6. The van der Waals surface area contributed by atoms with Crippen molar-refractivity contribution in [1.82, 2.24) is 20.1 Å². The number of guanidine groups is 1. The molecule has 2 aliphatic heterocycles. The van der Waals surface area contributed by atoms with Gasteiger partial charge in [0.25, 0.3) is 0 Å². The highest BCUT2D eigenvalue weighted by Crippen LogP contribution is 2.20. The monoisotopic (exact) mass is 491 g/mol. The molecule has 148 valence electrons. The predicted molar refractivity (Wildman–Crippen MR) is 122 cm³/mol. The van der Waals surface area contributed by atoms with Crippen molar-refractivity contribution in [2.75, 3.05) is 46.3 Å². The highest BCUT2D eigenvalue weighted by molar-refractivity contribution is 14.0. The molecule has 2 aliphatic rings. The molecule has 0 aromatic carbocycles. The molecule has 1 N–H and O–H groups in total. The number of likely N-dealkylation sites (tertiary alicyclic amines) is 2. The van der Waals surface area contributed by atoms with E-state index in [-0.39, 0.29) is 24.0 Å². The summed E-state index contributed by atoms with van der Waals surface area (Å²) in [6.45, 7) is 9.25. The number of thiazole rings is 1. The van der Waals surface area contributed by atoms with Crippen LogP contribution in [0.15, 0.2) is 11.2 Å². The summed E-state index contributed by atoms with van der Waals surface area (Å²) >= 11 is 1.83. The number of aryl methyl sites for hydroxylation is 1. The second-order valence-electron chi connectivity index (χ2n) is 7.26. The lowest BCUT2D eigenvalue weighted by Gasteiger charge is -2.29. The van der Waals surface area contributed by atoms with E-state index >= 15 is 0 Å². The van der Waals surface area contributed by atoms with Crippen molar-refractivity contribution in [2.24, 2.45) is 10.9 Å². The van der Waals surface area contributed by atoms with E-state index in [1.54, 1.807) is 0 Å². The zero-order chi connectivity index (χ0) is 17.5. The van der Waals surface area contributed by atoms with Crippen LogP contribution in [0.25, 0.3) is 0 Å². The van der Waals surface area contributed by atoms with Gasteiger partial charge in [-0.1, -0.05) is 13.3 Å². The van der Waals surface area contributed by atoms with Gasteiger partial charge in [0.15, 0.2) is 5.96 Å². The first-order chi connectivity index (χ1) is 12.3. The first-order valence-corrected chi connectivity index (χ1v) is 10.7. The Kier molecular flexibility index (Phi) is 9.63. The molecule has 0 aliphatic carbocycles. The van der Waals surface area contributed by atoms with Gasteiger partial charge >= 0.3 is 0 Å². The van der Waals surface area contributed by atoms with E-state index in [0.717, 1.165) is 44.4 Å². The minimum absolute atomic E-state index is 0. The van der Waals surface area contributed by atoms with Crippen molar-refractivity contribution in [2.45, 2.75) is 45.4 Å². The summed E-state index contributed by atoms with van der Waals surface area (Å²) in [5.41, 5.74) is 0. The largest absolute Gasteiger partial charge is 0.356 e. The molecule has 7 heteroatoms. The fourth-order valence-corrected chi connectivity index (χ4v) is 4.78. The Balaban J connectivity index is 0.00000243. The molecule has 1 unspecified atom stereocenters. The van der Waals surface area contributed by atoms with Crippen LogP contribution in [0.3, 0.4) is 0 Å². The van der Waals surface area contributed by atoms with Crippen molar-refractivity contribution < 1.29 is 0 Å². The second kappa shape index (κ2) is 11.4. The summed E-state index contributed by atoms with van der Waals surface area (Å²) in [5, 5.41) is 4.77. The van der Waals surface area contributed by atoms with E-state index in [9.17, 15) is 0 Å². The summed E-state index contributed by atoms with van der Waals surface area (Å²) in [4.78, 5) is 15.5. The lowest BCUT2D eigenvalue weighted by atomic mass is 10.1. The molecule has 1 aromatic heterocycles. The third kappa shape index (κ3) is 6.34. The van der Waals surface area contributed by atoms with E-state index < -0.39 is 0 Å². The van der Waals surface area contributed by atoms with Crippen molar-refractivity contribution in [1.29, 1.82) is 0 Å². The Morgan fingerprint density at radius 2 is 2.12 bits per heavy atom. The highest BCUT2D eigenvalue weighted by atomic mass is 127. The predicted octanol–water partition coefficient (Wildman–Crippen LogP) is 3.25. The van der Waals surface area contributed by atoms with Crippen molar-refractivity contribution >= 4 is 41.3 Å². The van der Waals surface area contributed by atoms with Crippen LogP contribution in [0.1, 0.15) is 42.5 Å². The fraction of sp³-hybridized carbons (Fsp3) is 0.789. The van der Waals surface area contributed by atoms with Gasteiger partial charge in [-0.2, -0.15) is 0 Å². The number of piperidine rings is 1. The van der Waals surface area contributed by atoms with Gasteiger partial charge in [0.05, 0.1) is 5.01 Å². The number of hydrogen-bond donors (Lipinski definition) is 1. The summed E-state index contributed by atoms with van der Waals surface area (Å²) in [6, 6.07) is 0. The lowest BCUT2D eigenvalue weighted by Crippen LogP contribution is -2.41. The average Bonchev–Trinajstić information content (AvgIpc) is 3.29. The number of nitrogens with one attached hydrogen (secondary N) is 1. The van der Waals surface area contributed by atoms with Crippen LogP contribution in [0.2, 0.25) is 0 Å². The number of aromatic nitrogens is 1. The summed E-state index contributed by atoms with van der Waals surface area (Å²) in [6.07, 6.45) is 9.56. The maximum atomic E-state index is 4.50. The molecule has 0 radical (unpaired) electrons. The molecule has 0 bridgehead atoms. The van der Waals surface area contributed by atoms with E-state index in [2.05, 4.69) is 32.0 Å². The molecule has 26 heavy (non-hydrogen) atoms. The van der Waals surface area contributed by atoms with Gasteiger partial charge in [0.1, 0.15) is 0 Å². The van der Waals surface area contributed by atoms with Crippen LogP contribution in [-0.4, -0.2) is 67.1 Å². The summed E-state index contributed by atoms with van der Waals surface area (Å²) in [5.74, 6) is 1.86. The normalized spacial score (nSPS) is 21.7. The quantitative estimate of drug-likeness (QED) is 0.377. The zero-order valence-corrected chi connectivity index (χ0v) is 19.4. The van der Waals surface area contributed by atoms with Crippen molar-refractivity contribution in [3.8, 4) is 0 Å². The summed E-state index contributed by atoms with van der Waals surface area (Å²) in [7, 11) is 1.90. The van der Waals surface area contributed by atoms with Gasteiger partial charge in [-0.25, -0.2) is 4.98 Å². The molecule has 2 fully saturated rings. The molecular formula is C19H34IN5S. The number of halogens is 1. The minimum Gasteiger partial charge on any atom is -0.356 e. The van der Waals surface area contributed by atoms with Crippen LogP contribution in [-0.2, 0) is 12.8 Å². The number of nitrogens with zero attached hydrogens (tertiary/aromatic N) is 4.